The van der Waals surface area contributed by atoms with Gasteiger partial charge in [0.1, 0.15) is 22.2 Å². The van der Waals surface area contributed by atoms with Gasteiger partial charge in [-0.15, -0.1) is 0 Å². The Morgan fingerprint density at radius 3 is 2.76 bits per heavy atom. The number of aromatic nitrogens is 1. The number of pyridine rings is 1. The first-order valence-corrected chi connectivity index (χ1v) is 7.46. The fourth-order valence-electron chi connectivity index (χ4n) is 2.03. The second kappa shape index (κ2) is 5.79. The first kappa shape index (κ1) is 14.0. The van der Waals surface area contributed by atoms with E-state index in [9.17, 15) is 0 Å². The van der Waals surface area contributed by atoms with Crippen LogP contribution in [0.2, 0.25) is 0 Å². The van der Waals surface area contributed by atoms with Crippen molar-refractivity contribution in [2.75, 3.05) is 0 Å². The number of halogens is 1. The molecule has 1 heterocycles. The van der Waals surface area contributed by atoms with Crippen LogP contribution in [-0.4, -0.2) is 9.97 Å². The highest BCUT2D eigenvalue weighted by Gasteiger charge is 2.08. The first-order chi connectivity index (χ1) is 10.1. The normalized spacial score (nSPS) is 10.5. The standard InChI is InChI=1S/C16H11BrN2OS/c17-15-12-4-2-1-3-10(12)5-6-14(15)20-11-7-8-19-13(9-11)16(18)21/h1-9H,(H2,18,21). The van der Waals surface area contributed by atoms with Crippen LogP contribution >= 0.6 is 28.1 Å². The van der Waals surface area contributed by atoms with E-state index in [0.717, 1.165) is 21.0 Å². The fourth-order valence-corrected chi connectivity index (χ4v) is 2.71. The van der Waals surface area contributed by atoms with Crippen LogP contribution in [0, 0.1) is 0 Å². The Morgan fingerprint density at radius 1 is 1.14 bits per heavy atom. The first-order valence-electron chi connectivity index (χ1n) is 6.26. The van der Waals surface area contributed by atoms with E-state index >= 15 is 0 Å². The Labute approximate surface area is 135 Å². The molecule has 3 rings (SSSR count). The number of hydrogen-bond donors (Lipinski definition) is 1. The summed E-state index contributed by atoms with van der Waals surface area (Å²) in [4.78, 5) is 4.34. The predicted octanol–water partition coefficient (Wildman–Crippen LogP) is 4.42. The van der Waals surface area contributed by atoms with Gasteiger partial charge in [0.05, 0.1) is 4.47 Å². The van der Waals surface area contributed by atoms with Crippen LogP contribution in [0.25, 0.3) is 10.8 Å². The molecule has 3 nitrogen and oxygen atoms in total. The third kappa shape index (κ3) is 2.89. The maximum atomic E-state index is 5.91. The molecular weight excluding hydrogens is 348 g/mol. The second-order valence-corrected chi connectivity index (χ2v) is 5.67. The van der Waals surface area contributed by atoms with Gasteiger partial charge in [-0.3, -0.25) is 4.98 Å². The number of thiocarbonyl (C=S) groups is 1. The van der Waals surface area contributed by atoms with Crippen LogP contribution in [0.3, 0.4) is 0 Å². The van der Waals surface area contributed by atoms with Crippen molar-refractivity contribution in [2.45, 2.75) is 0 Å². The molecule has 1 aromatic heterocycles. The van der Waals surface area contributed by atoms with Gasteiger partial charge in [0.15, 0.2) is 0 Å². The lowest BCUT2D eigenvalue weighted by Crippen LogP contribution is -2.11. The number of hydrogen-bond acceptors (Lipinski definition) is 3. The van der Waals surface area contributed by atoms with E-state index in [1.54, 1.807) is 18.3 Å². The van der Waals surface area contributed by atoms with Gasteiger partial charge < -0.3 is 10.5 Å². The molecule has 0 saturated carbocycles. The van der Waals surface area contributed by atoms with Crippen LogP contribution in [0.1, 0.15) is 5.69 Å². The molecule has 0 saturated heterocycles. The van der Waals surface area contributed by atoms with E-state index in [0.29, 0.717) is 11.4 Å². The second-order valence-electron chi connectivity index (χ2n) is 4.44. The minimum Gasteiger partial charge on any atom is -0.456 e. The zero-order valence-corrected chi connectivity index (χ0v) is 13.3. The van der Waals surface area contributed by atoms with E-state index in [2.05, 4.69) is 27.0 Å². The minimum absolute atomic E-state index is 0.248. The van der Waals surface area contributed by atoms with E-state index < -0.39 is 0 Å². The van der Waals surface area contributed by atoms with Crippen LogP contribution in [0.5, 0.6) is 11.5 Å². The highest BCUT2D eigenvalue weighted by molar-refractivity contribution is 9.10. The molecule has 0 aliphatic rings. The summed E-state index contributed by atoms with van der Waals surface area (Å²) in [6.07, 6.45) is 1.62. The smallest absolute Gasteiger partial charge is 0.142 e. The Morgan fingerprint density at radius 2 is 1.95 bits per heavy atom. The van der Waals surface area contributed by atoms with Gasteiger partial charge in [-0.2, -0.15) is 0 Å². The van der Waals surface area contributed by atoms with Gasteiger partial charge in [0.2, 0.25) is 0 Å². The van der Waals surface area contributed by atoms with Crippen LogP contribution in [0.15, 0.2) is 59.2 Å². The molecule has 2 aromatic carbocycles. The highest BCUT2D eigenvalue weighted by Crippen LogP contribution is 2.35. The summed E-state index contributed by atoms with van der Waals surface area (Å²) < 4.78 is 6.82. The van der Waals surface area contributed by atoms with Gasteiger partial charge in [-0.25, -0.2) is 0 Å². The summed E-state index contributed by atoms with van der Waals surface area (Å²) in [5, 5.41) is 2.24. The number of benzene rings is 2. The topological polar surface area (TPSA) is 48.1 Å². The lowest BCUT2D eigenvalue weighted by molar-refractivity contribution is 0.479. The van der Waals surface area contributed by atoms with Crippen molar-refractivity contribution >= 4 is 43.9 Å². The number of fused-ring (bicyclic) bond motifs is 1. The van der Waals surface area contributed by atoms with Gasteiger partial charge in [0, 0.05) is 12.3 Å². The quantitative estimate of drug-likeness (QED) is 0.703. The molecule has 0 spiro atoms. The molecule has 5 heteroatoms. The van der Waals surface area contributed by atoms with Crippen molar-refractivity contribution in [2.24, 2.45) is 5.73 Å². The number of ether oxygens (including phenoxy) is 1. The Hall–Kier alpha value is -1.98. The third-order valence-corrected chi connectivity index (χ3v) is 4.07. The van der Waals surface area contributed by atoms with E-state index in [1.165, 1.54) is 0 Å². The zero-order valence-electron chi connectivity index (χ0n) is 10.9. The molecule has 0 amide bonds. The summed E-state index contributed by atoms with van der Waals surface area (Å²) in [5.41, 5.74) is 6.13. The maximum absolute atomic E-state index is 5.91. The SMILES string of the molecule is NC(=S)c1cc(Oc2ccc3ccccc3c2Br)ccn1. The molecule has 2 N–H and O–H groups in total. The van der Waals surface area contributed by atoms with Gasteiger partial charge in [-0.05, 0) is 38.8 Å². The Kier molecular flexibility index (Phi) is 3.86. The molecule has 0 atom stereocenters. The van der Waals surface area contributed by atoms with Crippen molar-refractivity contribution in [1.29, 1.82) is 0 Å². The molecule has 0 radical (unpaired) electrons. The van der Waals surface area contributed by atoms with E-state index in [4.69, 9.17) is 22.7 Å². The molecular formula is C16H11BrN2OS. The van der Waals surface area contributed by atoms with E-state index in [-0.39, 0.29) is 4.99 Å². The molecule has 21 heavy (non-hydrogen) atoms. The Balaban J connectivity index is 2.00. The summed E-state index contributed by atoms with van der Waals surface area (Å²) in [6, 6.07) is 15.5. The van der Waals surface area contributed by atoms with Crippen LogP contribution in [-0.2, 0) is 0 Å². The predicted molar refractivity (Wildman–Crippen MR) is 91.8 cm³/mol. The maximum Gasteiger partial charge on any atom is 0.142 e. The number of rotatable bonds is 3. The van der Waals surface area contributed by atoms with Gasteiger partial charge in [-0.1, -0.05) is 42.5 Å². The van der Waals surface area contributed by atoms with Gasteiger partial charge in [0.25, 0.3) is 0 Å². The largest absolute Gasteiger partial charge is 0.456 e. The molecule has 104 valence electrons. The molecule has 0 aliphatic heterocycles. The minimum atomic E-state index is 0.248. The summed E-state index contributed by atoms with van der Waals surface area (Å²) >= 11 is 8.52. The van der Waals surface area contributed by atoms with Crippen LogP contribution in [0.4, 0.5) is 0 Å². The van der Waals surface area contributed by atoms with Crippen molar-refractivity contribution in [3.05, 3.63) is 64.9 Å². The molecule has 0 bridgehead atoms. The summed E-state index contributed by atoms with van der Waals surface area (Å²) in [5.74, 6) is 1.37. The van der Waals surface area contributed by atoms with Crippen molar-refractivity contribution in [3.63, 3.8) is 0 Å². The molecule has 0 fully saturated rings. The molecule has 3 aromatic rings. The average molecular weight is 359 g/mol. The molecule has 0 aliphatic carbocycles. The lowest BCUT2D eigenvalue weighted by atomic mass is 10.1. The highest BCUT2D eigenvalue weighted by atomic mass is 79.9. The van der Waals surface area contributed by atoms with Crippen molar-refractivity contribution in [1.82, 2.24) is 4.98 Å². The van der Waals surface area contributed by atoms with Gasteiger partial charge >= 0.3 is 0 Å². The van der Waals surface area contributed by atoms with Crippen molar-refractivity contribution < 1.29 is 4.74 Å². The zero-order chi connectivity index (χ0) is 14.8. The van der Waals surface area contributed by atoms with E-state index in [1.807, 2.05) is 30.3 Å². The Bertz CT molecular complexity index is 835. The average Bonchev–Trinajstić information content (AvgIpc) is 2.51. The molecule has 0 unspecified atom stereocenters. The monoisotopic (exact) mass is 358 g/mol. The van der Waals surface area contributed by atoms with Crippen molar-refractivity contribution in [3.8, 4) is 11.5 Å². The number of nitrogens with zero attached hydrogens (tertiary/aromatic N) is 1. The number of nitrogens with two attached hydrogens (primary N) is 1. The third-order valence-electron chi connectivity index (χ3n) is 3.04. The summed E-state index contributed by atoms with van der Waals surface area (Å²) in [6.45, 7) is 0. The van der Waals surface area contributed by atoms with Crippen LogP contribution < -0.4 is 10.5 Å². The summed E-state index contributed by atoms with van der Waals surface area (Å²) in [7, 11) is 0. The fraction of sp³-hybridized carbons (Fsp3) is 0. The lowest BCUT2D eigenvalue weighted by Gasteiger charge is -2.10.